The van der Waals surface area contributed by atoms with Crippen LogP contribution in [-0.4, -0.2) is 13.1 Å². The van der Waals surface area contributed by atoms with Crippen LogP contribution in [0.3, 0.4) is 0 Å². The molecule has 1 aromatic carbocycles. The van der Waals surface area contributed by atoms with Crippen LogP contribution in [0.25, 0.3) is 6.08 Å². The number of carbonyl (C=O) groups excluding carboxylic acids is 1. The lowest BCUT2D eigenvalue weighted by molar-refractivity contribution is -0.139. The van der Waals surface area contributed by atoms with Crippen LogP contribution in [0.15, 0.2) is 18.2 Å². The molecular weight excluding hydrogens is 249 g/mol. The minimum atomic E-state index is -0.320. The van der Waals surface area contributed by atoms with Crippen molar-refractivity contribution < 1.29 is 9.53 Å². The van der Waals surface area contributed by atoms with Gasteiger partial charge < -0.3 is 10.5 Å². The quantitative estimate of drug-likeness (QED) is 0.670. The summed E-state index contributed by atoms with van der Waals surface area (Å²) in [5, 5.41) is 0.900. The first kappa shape index (κ1) is 12.9. The summed E-state index contributed by atoms with van der Waals surface area (Å²) in [6.45, 7) is 0. The first-order valence-corrected chi connectivity index (χ1v) is 5.28. The molecule has 0 bridgehead atoms. The Morgan fingerprint density at radius 2 is 2.00 bits per heavy atom. The normalized spacial score (nSPS) is 10.7. The van der Waals surface area contributed by atoms with Crippen LogP contribution in [0.5, 0.6) is 0 Å². The molecule has 0 aromatic heterocycles. The second kappa shape index (κ2) is 5.77. The molecule has 1 aromatic rings. The highest BCUT2D eigenvalue weighted by Crippen LogP contribution is 2.28. The molecular formula is C11H11Cl2NO2. The zero-order valence-corrected chi connectivity index (χ0v) is 10.2. The topological polar surface area (TPSA) is 52.3 Å². The number of methoxy groups -OCH3 is 1. The van der Waals surface area contributed by atoms with Crippen LogP contribution >= 0.6 is 23.2 Å². The monoisotopic (exact) mass is 259 g/mol. The van der Waals surface area contributed by atoms with Gasteiger partial charge in [0.15, 0.2) is 0 Å². The van der Waals surface area contributed by atoms with Gasteiger partial charge in [-0.15, -0.1) is 0 Å². The number of benzene rings is 1. The number of halogens is 2. The van der Waals surface area contributed by atoms with Crippen molar-refractivity contribution in [1.82, 2.24) is 0 Å². The summed E-state index contributed by atoms with van der Waals surface area (Å²) in [6.07, 6.45) is 3.48. The van der Waals surface area contributed by atoms with Crippen molar-refractivity contribution in [3.8, 4) is 0 Å². The van der Waals surface area contributed by atoms with Crippen LogP contribution in [0, 0.1) is 0 Å². The Morgan fingerprint density at radius 3 is 2.50 bits per heavy atom. The molecule has 0 atom stereocenters. The number of hydrogen-bond acceptors (Lipinski definition) is 3. The van der Waals surface area contributed by atoms with Gasteiger partial charge in [-0.1, -0.05) is 35.4 Å². The van der Waals surface area contributed by atoms with Crippen molar-refractivity contribution in [2.75, 3.05) is 12.8 Å². The molecule has 86 valence electrons. The van der Waals surface area contributed by atoms with Gasteiger partial charge in [-0.2, -0.15) is 0 Å². The Balaban J connectivity index is 2.85. The fourth-order valence-corrected chi connectivity index (χ4v) is 1.75. The van der Waals surface area contributed by atoms with E-state index in [9.17, 15) is 4.79 Å². The Labute approximate surface area is 104 Å². The molecule has 0 spiro atoms. The molecule has 0 radical (unpaired) electrons. The molecule has 2 N–H and O–H groups in total. The van der Waals surface area contributed by atoms with Crippen LogP contribution in [-0.2, 0) is 9.53 Å². The second-order valence-corrected chi connectivity index (χ2v) is 3.90. The van der Waals surface area contributed by atoms with Gasteiger partial charge in [0.25, 0.3) is 0 Å². The number of rotatable bonds is 3. The zero-order chi connectivity index (χ0) is 12.1. The van der Waals surface area contributed by atoms with Crippen molar-refractivity contribution >= 4 is 40.9 Å². The van der Waals surface area contributed by atoms with E-state index in [0.717, 1.165) is 0 Å². The summed E-state index contributed by atoms with van der Waals surface area (Å²) in [4.78, 5) is 10.9. The highest BCUT2D eigenvalue weighted by molar-refractivity contribution is 6.37. The predicted molar refractivity (Wildman–Crippen MR) is 66.5 cm³/mol. The van der Waals surface area contributed by atoms with Crippen molar-refractivity contribution in [2.24, 2.45) is 0 Å². The van der Waals surface area contributed by atoms with E-state index in [1.807, 2.05) is 0 Å². The molecule has 0 amide bonds. The average Bonchev–Trinajstić information content (AvgIpc) is 2.21. The maximum atomic E-state index is 10.9. The SMILES string of the molecule is COC(=O)CC=Cc1c(Cl)cc(N)cc1Cl. The molecule has 16 heavy (non-hydrogen) atoms. The van der Waals surface area contributed by atoms with Crippen LogP contribution in [0.4, 0.5) is 5.69 Å². The number of carbonyl (C=O) groups is 1. The lowest BCUT2D eigenvalue weighted by atomic mass is 10.2. The third kappa shape index (κ3) is 3.43. The number of nitrogen functional groups attached to an aromatic ring is 1. The molecule has 1 rings (SSSR count). The second-order valence-electron chi connectivity index (χ2n) is 3.08. The molecule has 0 aliphatic rings. The third-order valence-electron chi connectivity index (χ3n) is 1.90. The summed E-state index contributed by atoms with van der Waals surface area (Å²) >= 11 is 11.9. The summed E-state index contributed by atoms with van der Waals surface area (Å²) in [5.41, 5.74) is 6.70. The highest BCUT2D eigenvalue weighted by atomic mass is 35.5. The van der Waals surface area contributed by atoms with Gasteiger partial charge in [0.2, 0.25) is 0 Å². The van der Waals surface area contributed by atoms with E-state index < -0.39 is 0 Å². The number of nitrogens with two attached hydrogens (primary N) is 1. The molecule has 0 fully saturated rings. The molecule has 0 aliphatic heterocycles. The van der Waals surface area contributed by atoms with E-state index in [1.165, 1.54) is 7.11 Å². The number of anilines is 1. The summed E-state index contributed by atoms with van der Waals surface area (Å²) in [6, 6.07) is 3.20. The van der Waals surface area contributed by atoms with Gasteiger partial charge in [-0.05, 0) is 12.1 Å². The molecule has 0 unspecified atom stereocenters. The lowest BCUT2D eigenvalue weighted by Crippen LogP contribution is -1.96. The van der Waals surface area contributed by atoms with E-state index in [4.69, 9.17) is 28.9 Å². The molecule has 5 heteroatoms. The Hall–Kier alpha value is -1.19. The Bertz CT molecular complexity index is 407. The number of hydrogen-bond donors (Lipinski definition) is 1. The number of esters is 1. The Kier molecular flexibility index (Phi) is 4.65. The molecule has 0 heterocycles. The molecule has 0 aliphatic carbocycles. The van der Waals surface area contributed by atoms with Crippen LogP contribution in [0.2, 0.25) is 10.0 Å². The standard InChI is InChI=1S/C11H11Cl2NO2/c1-16-11(15)4-2-3-8-9(12)5-7(14)6-10(8)13/h2-3,5-6H,4,14H2,1H3. The molecule has 0 saturated heterocycles. The van der Waals surface area contributed by atoms with Crippen molar-refractivity contribution in [2.45, 2.75) is 6.42 Å². The van der Waals surface area contributed by atoms with Crippen molar-refractivity contribution in [1.29, 1.82) is 0 Å². The van der Waals surface area contributed by atoms with Crippen molar-refractivity contribution in [3.05, 3.63) is 33.8 Å². The van der Waals surface area contributed by atoms with Gasteiger partial charge in [-0.3, -0.25) is 4.79 Å². The van der Waals surface area contributed by atoms with E-state index >= 15 is 0 Å². The van der Waals surface area contributed by atoms with Crippen LogP contribution < -0.4 is 5.73 Å². The number of ether oxygens (including phenoxy) is 1. The maximum absolute atomic E-state index is 10.9. The minimum absolute atomic E-state index is 0.174. The lowest BCUT2D eigenvalue weighted by Gasteiger charge is -2.03. The van der Waals surface area contributed by atoms with E-state index in [1.54, 1.807) is 24.3 Å². The summed E-state index contributed by atoms with van der Waals surface area (Å²) in [7, 11) is 1.33. The predicted octanol–water partition coefficient (Wildman–Crippen LogP) is 3.15. The zero-order valence-electron chi connectivity index (χ0n) is 8.67. The fourth-order valence-electron chi connectivity index (χ4n) is 1.12. The fraction of sp³-hybridized carbons (Fsp3) is 0.182. The largest absolute Gasteiger partial charge is 0.469 e. The first-order valence-electron chi connectivity index (χ1n) is 4.52. The van der Waals surface area contributed by atoms with Gasteiger partial charge in [0, 0.05) is 11.3 Å². The van der Waals surface area contributed by atoms with Gasteiger partial charge in [0.05, 0.1) is 23.6 Å². The van der Waals surface area contributed by atoms with Gasteiger partial charge in [-0.25, -0.2) is 0 Å². The van der Waals surface area contributed by atoms with E-state index in [0.29, 0.717) is 21.3 Å². The average molecular weight is 260 g/mol. The van der Waals surface area contributed by atoms with E-state index in [-0.39, 0.29) is 12.4 Å². The van der Waals surface area contributed by atoms with Gasteiger partial charge in [0.1, 0.15) is 0 Å². The van der Waals surface area contributed by atoms with Crippen LogP contribution in [0.1, 0.15) is 12.0 Å². The van der Waals surface area contributed by atoms with Crippen molar-refractivity contribution in [3.63, 3.8) is 0 Å². The van der Waals surface area contributed by atoms with Gasteiger partial charge >= 0.3 is 5.97 Å². The molecule has 0 saturated carbocycles. The van der Waals surface area contributed by atoms with E-state index in [2.05, 4.69) is 4.74 Å². The first-order chi connectivity index (χ1) is 7.54. The summed E-state index contributed by atoms with van der Waals surface area (Å²) < 4.78 is 4.49. The Morgan fingerprint density at radius 1 is 1.44 bits per heavy atom. The smallest absolute Gasteiger partial charge is 0.309 e. The summed E-state index contributed by atoms with van der Waals surface area (Å²) in [5.74, 6) is -0.320. The minimum Gasteiger partial charge on any atom is -0.469 e. The third-order valence-corrected chi connectivity index (χ3v) is 2.52. The molecule has 3 nitrogen and oxygen atoms in total. The highest BCUT2D eigenvalue weighted by Gasteiger charge is 2.04. The maximum Gasteiger partial charge on any atom is 0.309 e.